The molecule has 0 spiro atoms. The predicted molar refractivity (Wildman–Crippen MR) is 70.3 cm³/mol. The number of carbonyl (C=O) groups is 1. The first kappa shape index (κ1) is 14.5. The third-order valence-corrected chi connectivity index (χ3v) is 4.45. The van der Waals surface area contributed by atoms with E-state index in [4.69, 9.17) is 5.11 Å². The number of sulfonamides is 1. The van der Waals surface area contributed by atoms with Crippen molar-refractivity contribution in [3.05, 3.63) is 29.8 Å². The van der Waals surface area contributed by atoms with Crippen molar-refractivity contribution in [2.24, 2.45) is 0 Å². The number of carboxylic acid groups (broad SMARTS) is 1. The minimum atomic E-state index is -3.59. The van der Waals surface area contributed by atoms with Crippen LogP contribution in [0.1, 0.15) is 18.9 Å². The predicted octanol–water partition coefficient (Wildman–Crippen LogP) is 1.49. The molecule has 1 rings (SSSR count). The molecule has 0 saturated heterocycles. The summed E-state index contributed by atoms with van der Waals surface area (Å²) < 4.78 is 25.1. The Morgan fingerprint density at radius 2 is 1.94 bits per heavy atom. The Labute approximate surface area is 107 Å². The number of rotatable bonds is 6. The number of hydrogen-bond acceptors (Lipinski definition) is 3. The molecular weight excluding hydrogens is 254 g/mol. The van der Waals surface area contributed by atoms with Crippen LogP contribution in [0.2, 0.25) is 0 Å². The summed E-state index contributed by atoms with van der Waals surface area (Å²) in [5.74, 6) is -1.51. The van der Waals surface area contributed by atoms with Gasteiger partial charge >= 0.3 is 5.97 Å². The van der Waals surface area contributed by atoms with Crippen LogP contribution in [-0.2, 0) is 21.2 Å². The largest absolute Gasteiger partial charge is 0.481 e. The van der Waals surface area contributed by atoms with Crippen LogP contribution in [0.25, 0.3) is 0 Å². The van der Waals surface area contributed by atoms with Crippen molar-refractivity contribution in [1.82, 2.24) is 0 Å². The van der Waals surface area contributed by atoms with Gasteiger partial charge in [-0.05, 0) is 18.1 Å². The number of carboxylic acids is 1. The third kappa shape index (κ3) is 3.46. The summed E-state index contributed by atoms with van der Waals surface area (Å²) >= 11 is 0. The van der Waals surface area contributed by atoms with Gasteiger partial charge in [0.1, 0.15) is 0 Å². The molecule has 0 aliphatic rings. The maximum Gasteiger partial charge on any atom is 0.304 e. The van der Waals surface area contributed by atoms with Gasteiger partial charge in [0.25, 0.3) is 0 Å². The molecule has 0 bridgehead atoms. The van der Waals surface area contributed by atoms with E-state index in [1.807, 2.05) is 19.1 Å². The minimum absolute atomic E-state index is 0.388. The standard InChI is InChI=1S/C12H17NO4S/c1-3-10-6-4-5-7-11(10)13(2)18(16,17)9-8-12(14)15/h4-7H,3,8-9H2,1-2H3,(H,14,15). The van der Waals surface area contributed by atoms with Gasteiger partial charge in [-0.1, -0.05) is 25.1 Å². The summed E-state index contributed by atoms with van der Waals surface area (Å²) in [4.78, 5) is 10.4. The molecule has 0 aromatic heterocycles. The lowest BCUT2D eigenvalue weighted by Crippen LogP contribution is -2.30. The molecule has 0 fully saturated rings. The fourth-order valence-corrected chi connectivity index (χ4v) is 2.80. The highest BCUT2D eigenvalue weighted by Crippen LogP contribution is 2.22. The van der Waals surface area contributed by atoms with Crippen LogP contribution >= 0.6 is 0 Å². The van der Waals surface area contributed by atoms with Crippen LogP contribution in [-0.4, -0.2) is 32.3 Å². The molecule has 0 aliphatic heterocycles. The molecule has 1 N–H and O–H groups in total. The Bertz CT molecular complexity index is 525. The zero-order valence-electron chi connectivity index (χ0n) is 10.5. The molecule has 6 heteroatoms. The number of benzene rings is 1. The summed E-state index contributed by atoms with van der Waals surface area (Å²) in [5, 5.41) is 8.55. The van der Waals surface area contributed by atoms with E-state index in [1.54, 1.807) is 12.1 Å². The zero-order chi connectivity index (χ0) is 13.8. The highest BCUT2D eigenvalue weighted by molar-refractivity contribution is 7.92. The zero-order valence-corrected chi connectivity index (χ0v) is 11.3. The van der Waals surface area contributed by atoms with Crippen LogP contribution in [0.15, 0.2) is 24.3 Å². The number of nitrogens with zero attached hydrogens (tertiary/aromatic N) is 1. The first-order valence-electron chi connectivity index (χ1n) is 5.64. The summed E-state index contributed by atoms with van der Waals surface area (Å²) in [6, 6.07) is 7.19. The first-order chi connectivity index (χ1) is 8.38. The van der Waals surface area contributed by atoms with Gasteiger partial charge in [-0.25, -0.2) is 8.42 Å². The monoisotopic (exact) mass is 271 g/mol. The molecule has 100 valence electrons. The van der Waals surface area contributed by atoms with E-state index in [0.717, 1.165) is 16.3 Å². The number of aliphatic carboxylic acids is 1. The van der Waals surface area contributed by atoms with Gasteiger partial charge < -0.3 is 5.11 Å². The molecule has 1 aromatic carbocycles. The van der Waals surface area contributed by atoms with Gasteiger partial charge in [0.15, 0.2) is 0 Å². The Hall–Kier alpha value is -1.56. The highest BCUT2D eigenvalue weighted by Gasteiger charge is 2.21. The second-order valence-corrected chi connectivity index (χ2v) is 6.03. The van der Waals surface area contributed by atoms with Gasteiger partial charge in [-0.3, -0.25) is 9.10 Å². The first-order valence-corrected chi connectivity index (χ1v) is 7.25. The number of para-hydroxylation sites is 1. The van der Waals surface area contributed by atoms with Crippen molar-refractivity contribution in [1.29, 1.82) is 0 Å². The van der Waals surface area contributed by atoms with Crippen molar-refractivity contribution in [2.45, 2.75) is 19.8 Å². The fraction of sp³-hybridized carbons (Fsp3) is 0.417. The molecule has 0 amide bonds. The maximum atomic E-state index is 12.0. The number of aryl methyl sites for hydroxylation is 1. The van der Waals surface area contributed by atoms with Crippen molar-refractivity contribution in [3.8, 4) is 0 Å². The number of hydrogen-bond donors (Lipinski definition) is 1. The molecule has 0 atom stereocenters. The van der Waals surface area contributed by atoms with Gasteiger partial charge in [-0.2, -0.15) is 0 Å². The molecule has 0 aliphatic carbocycles. The summed E-state index contributed by atoms with van der Waals surface area (Å²) in [6.45, 7) is 1.94. The van der Waals surface area contributed by atoms with E-state index in [-0.39, 0.29) is 6.42 Å². The molecule has 0 saturated carbocycles. The lowest BCUT2D eigenvalue weighted by atomic mass is 10.1. The van der Waals surface area contributed by atoms with Crippen LogP contribution < -0.4 is 4.31 Å². The summed E-state index contributed by atoms with van der Waals surface area (Å²) in [5.41, 5.74) is 1.52. The van der Waals surface area contributed by atoms with Crippen molar-refractivity contribution in [2.75, 3.05) is 17.1 Å². The SMILES string of the molecule is CCc1ccccc1N(C)S(=O)(=O)CCC(=O)O. The van der Waals surface area contributed by atoms with Crippen LogP contribution in [0, 0.1) is 0 Å². The Balaban J connectivity index is 2.98. The molecule has 0 unspecified atom stereocenters. The summed E-state index contributed by atoms with van der Waals surface area (Å²) in [7, 11) is -2.14. The molecule has 5 nitrogen and oxygen atoms in total. The van der Waals surface area contributed by atoms with Crippen LogP contribution in [0.5, 0.6) is 0 Å². The third-order valence-electron chi connectivity index (χ3n) is 2.70. The number of anilines is 1. The van der Waals surface area contributed by atoms with E-state index in [1.165, 1.54) is 7.05 Å². The molecule has 0 radical (unpaired) electrons. The Morgan fingerprint density at radius 1 is 1.33 bits per heavy atom. The van der Waals surface area contributed by atoms with Gasteiger partial charge in [-0.15, -0.1) is 0 Å². The molecule has 18 heavy (non-hydrogen) atoms. The average molecular weight is 271 g/mol. The second kappa shape index (κ2) is 5.86. The second-order valence-electron chi connectivity index (χ2n) is 3.91. The Kier molecular flexibility index (Phi) is 4.72. The van der Waals surface area contributed by atoms with E-state index in [0.29, 0.717) is 5.69 Å². The average Bonchev–Trinajstić information content (AvgIpc) is 2.35. The van der Waals surface area contributed by atoms with Crippen molar-refractivity contribution >= 4 is 21.7 Å². The van der Waals surface area contributed by atoms with E-state index < -0.39 is 21.7 Å². The fourth-order valence-electron chi connectivity index (χ4n) is 1.62. The Morgan fingerprint density at radius 3 is 2.50 bits per heavy atom. The van der Waals surface area contributed by atoms with Crippen LogP contribution in [0.3, 0.4) is 0 Å². The normalized spacial score (nSPS) is 11.2. The van der Waals surface area contributed by atoms with Gasteiger partial charge in [0, 0.05) is 7.05 Å². The molecule has 1 aromatic rings. The smallest absolute Gasteiger partial charge is 0.304 e. The lowest BCUT2D eigenvalue weighted by Gasteiger charge is -2.21. The van der Waals surface area contributed by atoms with E-state index in [9.17, 15) is 13.2 Å². The molecule has 0 heterocycles. The van der Waals surface area contributed by atoms with Gasteiger partial charge in [0.2, 0.25) is 10.0 Å². The highest BCUT2D eigenvalue weighted by atomic mass is 32.2. The van der Waals surface area contributed by atoms with Crippen molar-refractivity contribution < 1.29 is 18.3 Å². The van der Waals surface area contributed by atoms with Gasteiger partial charge in [0.05, 0.1) is 17.9 Å². The maximum absolute atomic E-state index is 12.0. The molecular formula is C12H17NO4S. The quantitative estimate of drug-likeness (QED) is 0.850. The van der Waals surface area contributed by atoms with Crippen LogP contribution in [0.4, 0.5) is 5.69 Å². The van der Waals surface area contributed by atoms with Crippen molar-refractivity contribution in [3.63, 3.8) is 0 Å². The lowest BCUT2D eigenvalue weighted by molar-refractivity contribution is -0.136. The topological polar surface area (TPSA) is 74.7 Å². The van der Waals surface area contributed by atoms with E-state index in [2.05, 4.69) is 0 Å². The summed E-state index contributed by atoms with van der Waals surface area (Å²) in [6.07, 6.45) is 0.329. The minimum Gasteiger partial charge on any atom is -0.481 e. The van der Waals surface area contributed by atoms with E-state index >= 15 is 0 Å².